The Hall–Kier alpha value is -1.60. The number of nitrogens with one attached hydrogen (secondary N) is 1. The van der Waals surface area contributed by atoms with Crippen molar-refractivity contribution in [3.8, 4) is 0 Å². The summed E-state index contributed by atoms with van der Waals surface area (Å²) in [5.41, 5.74) is 0.952. The number of anilines is 1. The Balaban J connectivity index is 2.06. The second-order valence-electron chi connectivity index (χ2n) is 5.39. The molecule has 0 radical (unpaired) electrons. The van der Waals surface area contributed by atoms with Crippen LogP contribution < -0.4 is 4.72 Å². The van der Waals surface area contributed by atoms with Crippen molar-refractivity contribution in [2.75, 3.05) is 30.7 Å². The van der Waals surface area contributed by atoms with E-state index >= 15 is 0 Å². The molecule has 21 heavy (non-hydrogen) atoms. The first-order chi connectivity index (χ1) is 9.89. The number of likely N-dealkylation sites (tertiary alicyclic amines) is 1. The van der Waals surface area contributed by atoms with Crippen LogP contribution in [-0.2, 0) is 10.0 Å². The number of rotatable bonds is 4. The lowest BCUT2D eigenvalue weighted by Crippen LogP contribution is -2.40. The first kappa shape index (κ1) is 15.8. The maximum Gasteiger partial charge on any atom is 0.253 e. The zero-order chi connectivity index (χ0) is 15.5. The van der Waals surface area contributed by atoms with E-state index in [1.807, 2.05) is 0 Å². The number of sulfonamides is 1. The van der Waals surface area contributed by atoms with Gasteiger partial charge in [0.05, 0.1) is 6.26 Å². The molecule has 1 aromatic carbocycles. The van der Waals surface area contributed by atoms with Crippen LogP contribution in [0.2, 0.25) is 0 Å². The second kappa shape index (κ2) is 6.44. The summed E-state index contributed by atoms with van der Waals surface area (Å²) in [6.45, 7) is 1.36. The monoisotopic (exact) mass is 312 g/mol. The number of hydrogen-bond donors (Lipinski definition) is 2. The van der Waals surface area contributed by atoms with Crippen molar-refractivity contribution in [1.29, 1.82) is 0 Å². The molecule has 2 rings (SSSR count). The van der Waals surface area contributed by atoms with Gasteiger partial charge in [-0.2, -0.15) is 0 Å². The minimum Gasteiger partial charge on any atom is -0.396 e. The zero-order valence-electron chi connectivity index (χ0n) is 11.9. The lowest BCUT2D eigenvalue weighted by molar-refractivity contribution is 0.0621. The molecular weight excluding hydrogens is 292 g/mol. The zero-order valence-corrected chi connectivity index (χ0v) is 12.8. The molecule has 1 amide bonds. The molecule has 0 aromatic heterocycles. The van der Waals surface area contributed by atoms with Crippen LogP contribution in [0, 0.1) is 5.92 Å². The topological polar surface area (TPSA) is 86.7 Å². The van der Waals surface area contributed by atoms with Crippen LogP contribution in [-0.4, -0.2) is 50.3 Å². The van der Waals surface area contributed by atoms with Crippen molar-refractivity contribution in [2.45, 2.75) is 12.8 Å². The Labute approximate surface area is 124 Å². The molecule has 0 saturated carbocycles. The highest BCUT2D eigenvalue weighted by molar-refractivity contribution is 7.92. The van der Waals surface area contributed by atoms with Gasteiger partial charge in [-0.25, -0.2) is 8.42 Å². The summed E-state index contributed by atoms with van der Waals surface area (Å²) in [6, 6.07) is 6.36. The predicted molar refractivity (Wildman–Crippen MR) is 80.6 cm³/mol. The van der Waals surface area contributed by atoms with Crippen molar-refractivity contribution in [1.82, 2.24) is 4.90 Å². The quantitative estimate of drug-likeness (QED) is 0.865. The van der Waals surface area contributed by atoms with E-state index in [4.69, 9.17) is 0 Å². The smallest absolute Gasteiger partial charge is 0.253 e. The third-order valence-electron chi connectivity index (χ3n) is 3.50. The molecule has 1 fully saturated rings. The Morgan fingerprint density at radius 2 is 2.05 bits per heavy atom. The number of hydrogen-bond acceptors (Lipinski definition) is 4. The Morgan fingerprint density at radius 3 is 2.62 bits per heavy atom. The van der Waals surface area contributed by atoms with Gasteiger partial charge in [0.15, 0.2) is 0 Å². The molecule has 0 spiro atoms. The number of amides is 1. The molecule has 1 atom stereocenters. The van der Waals surface area contributed by atoms with Gasteiger partial charge < -0.3 is 10.0 Å². The summed E-state index contributed by atoms with van der Waals surface area (Å²) < 4.78 is 24.6. The van der Waals surface area contributed by atoms with Crippen molar-refractivity contribution >= 4 is 21.6 Å². The van der Waals surface area contributed by atoms with Crippen LogP contribution >= 0.6 is 0 Å². The summed E-state index contributed by atoms with van der Waals surface area (Å²) in [5, 5.41) is 9.20. The molecular formula is C14H20N2O4S. The first-order valence-electron chi connectivity index (χ1n) is 6.87. The number of aliphatic hydroxyl groups excluding tert-OH is 1. The molecule has 2 N–H and O–H groups in total. The molecule has 0 bridgehead atoms. The summed E-state index contributed by atoms with van der Waals surface area (Å²) >= 11 is 0. The van der Waals surface area contributed by atoms with Crippen molar-refractivity contribution in [2.24, 2.45) is 5.92 Å². The molecule has 1 aliphatic rings. The molecule has 0 aliphatic carbocycles. The van der Waals surface area contributed by atoms with Crippen LogP contribution in [0.3, 0.4) is 0 Å². The molecule has 1 unspecified atom stereocenters. The summed E-state index contributed by atoms with van der Waals surface area (Å²) in [6.07, 6.45) is 2.91. The van der Waals surface area contributed by atoms with Gasteiger partial charge >= 0.3 is 0 Å². The summed E-state index contributed by atoms with van der Waals surface area (Å²) in [7, 11) is -3.31. The standard InChI is InChI=1S/C14H20N2O4S/c1-21(19,20)15-13-6-4-12(5-7-13)14(18)16-8-2-3-11(9-16)10-17/h4-7,11,15,17H,2-3,8-10H2,1H3. The lowest BCUT2D eigenvalue weighted by Gasteiger charge is -2.31. The molecule has 1 aromatic rings. The minimum atomic E-state index is -3.31. The predicted octanol–water partition coefficient (Wildman–Crippen LogP) is 0.903. The van der Waals surface area contributed by atoms with E-state index in [0.717, 1.165) is 19.1 Å². The maximum absolute atomic E-state index is 12.4. The number of nitrogens with zero attached hydrogens (tertiary/aromatic N) is 1. The number of piperidine rings is 1. The van der Waals surface area contributed by atoms with E-state index in [0.29, 0.717) is 24.3 Å². The fourth-order valence-corrected chi connectivity index (χ4v) is 3.04. The third-order valence-corrected chi connectivity index (χ3v) is 4.11. The van der Waals surface area contributed by atoms with Crippen LogP contribution in [0.1, 0.15) is 23.2 Å². The maximum atomic E-state index is 12.4. The van der Waals surface area contributed by atoms with E-state index in [-0.39, 0.29) is 18.4 Å². The molecule has 1 aliphatic heterocycles. The largest absolute Gasteiger partial charge is 0.396 e. The van der Waals surface area contributed by atoms with Crippen molar-refractivity contribution in [3.63, 3.8) is 0 Å². The third kappa shape index (κ3) is 4.44. The van der Waals surface area contributed by atoms with Crippen LogP contribution in [0.5, 0.6) is 0 Å². The second-order valence-corrected chi connectivity index (χ2v) is 7.14. The minimum absolute atomic E-state index is 0.0842. The van der Waals surface area contributed by atoms with Crippen molar-refractivity contribution in [3.05, 3.63) is 29.8 Å². The van der Waals surface area contributed by atoms with E-state index in [9.17, 15) is 18.3 Å². The number of benzene rings is 1. The van der Waals surface area contributed by atoms with E-state index in [1.54, 1.807) is 29.2 Å². The number of carbonyl (C=O) groups is 1. The lowest BCUT2D eigenvalue weighted by atomic mass is 9.98. The summed E-state index contributed by atoms with van der Waals surface area (Å²) in [5.74, 6) is 0.0629. The fourth-order valence-electron chi connectivity index (χ4n) is 2.48. The Kier molecular flexibility index (Phi) is 4.84. The Morgan fingerprint density at radius 1 is 1.38 bits per heavy atom. The van der Waals surface area contributed by atoms with Crippen LogP contribution in [0.15, 0.2) is 24.3 Å². The van der Waals surface area contributed by atoms with E-state index < -0.39 is 10.0 Å². The van der Waals surface area contributed by atoms with Crippen LogP contribution in [0.25, 0.3) is 0 Å². The van der Waals surface area contributed by atoms with Crippen molar-refractivity contribution < 1.29 is 18.3 Å². The van der Waals surface area contributed by atoms with Gasteiger partial charge in [0.25, 0.3) is 5.91 Å². The van der Waals surface area contributed by atoms with Gasteiger partial charge in [0, 0.05) is 30.9 Å². The molecule has 1 heterocycles. The average Bonchev–Trinajstić information content (AvgIpc) is 2.46. The van der Waals surface area contributed by atoms with Gasteiger partial charge in [-0.15, -0.1) is 0 Å². The molecule has 6 nitrogen and oxygen atoms in total. The van der Waals surface area contributed by atoms with Gasteiger partial charge in [-0.05, 0) is 43.0 Å². The number of aliphatic hydroxyl groups is 1. The normalized spacial score (nSPS) is 19.3. The highest BCUT2D eigenvalue weighted by Gasteiger charge is 2.23. The average molecular weight is 312 g/mol. The highest BCUT2D eigenvalue weighted by Crippen LogP contribution is 2.19. The van der Waals surface area contributed by atoms with Gasteiger partial charge in [0.1, 0.15) is 0 Å². The number of carbonyl (C=O) groups excluding carboxylic acids is 1. The van der Waals surface area contributed by atoms with Gasteiger partial charge in [-0.3, -0.25) is 9.52 Å². The molecule has 1 saturated heterocycles. The SMILES string of the molecule is CS(=O)(=O)Nc1ccc(C(=O)N2CCCC(CO)C2)cc1. The van der Waals surface area contributed by atoms with Crippen LogP contribution in [0.4, 0.5) is 5.69 Å². The van der Waals surface area contributed by atoms with E-state index in [2.05, 4.69) is 4.72 Å². The fraction of sp³-hybridized carbons (Fsp3) is 0.500. The molecule has 7 heteroatoms. The van der Waals surface area contributed by atoms with Gasteiger partial charge in [-0.1, -0.05) is 0 Å². The van der Waals surface area contributed by atoms with Gasteiger partial charge in [0.2, 0.25) is 10.0 Å². The van der Waals surface area contributed by atoms with E-state index in [1.165, 1.54) is 0 Å². The molecule has 116 valence electrons. The summed E-state index contributed by atoms with van der Waals surface area (Å²) in [4.78, 5) is 14.1. The first-order valence-corrected chi connectivity index (χ1v) is 8.76. The Bertz CT molecular complexity index is 598. The highest BCUT2D eigenvalue weighted by atomic mass is 32.2.